The molecule has 1 aliphatic rings. The molecule has 1 N–H and O–H groups in total. The van der Waals surface area contributed by atoms with Crippen molar-refractivity contribution in [3.05, 3.63) is 35.4 Å². The second-order valence-electron chi connectivity index (χ2n) is 6.11. The summed E-state index contributed by atoms with van der Waals surface area (Å²) in [5, 5.41) is 9.52. The number of esters is 1. The molecule has 0 saturated heterocycles. The summed E-state index contributed by atoms with van der Waals surface area (Å²) in [7, 11) is 0. The standard InChI is InChI=1S/C18H24O3S/c1-3-21-16(19)18(2,17(20)22)15-11-9-14(10-12-15)13-7-5-4-6-8-13/h9-13H,3-8H2,1-2H3,(H,20,22). The molecular weight excluding hydrogens is 296 g/mol. The Labute approximate surface area is 137 Å². The van der Waals surface area contributed by atoms with Crippen molar-refractivity contribution in [2.24, 2.45) is 0 Å². The van der Waals surface area contributed by atoms with Crippen LogP contribution in [-0.4, -0.2) is 22.7 Å². The third-order valence-corrected chi connectivity index (χ3v) is 5.08. The second-order valence-corrected chi connectivity index (χ2v) is 6.49. The molecule has 0 bridgehead atoms. The molecule has 1 atom stereocenters. The third-order valence-electron chi connectivity index (χ3n) is 4.68. The summed E-state index contributed by atoms with van der Waals surface area (Å²) in [5.41, 5.74) is 0.702. The Morgan fingerprint density at radius 1 is 1.27 bits per heavy atom. The highest BCUT2D eigenvalue weighted by Gasteiger charge is 2.41. The Balaban J connectivity index is 2.26. The lowest BCUT2D eigenvalue weighted by Crippen LogP contribution is -2.41. The number of aliphatic hydroxyl groups excluding tert-OH is 1. The predicted octanol–water partition coefficient (Wildman–Crippen LogP) is 4.44. The van der Waals surface area contributed by atoms with Crippen molar-refractivity contribution in [2.75, 3.05) is 6.61 Å². The van der Waals surface area contributed by atoms with E-state index < -0.39 is 11.4 Å². The van der Waals surface area contributed by atoms with Crippen LogP contribution in [0.2, 0.25) is 0 Å². The Bertz CT molecular complexity index is 532. The van der Waals surface area contributed by atoms with Crippen LogP contribution in [0.25, 0.3) is 0 Å². The minimum absolute atomic E-state index is 0.261. The number of carbonyl (C=O) groups is 1. The summed E-state index contributed by atoms with van der Waals surface area (Å²) >= 11 is 4.92. The molecule has 2 rings (SSSR count). The number of thiocarbonyl (C=S) groups is 1. The molecule has 1 saturated carbocycles. The van der Waals surface area contributed by atoms with Crippen molar-refractivity contribution < 1.29 is 14.6 Å². The van der Waals surface area contributed by atoms with E-state index in [9.17, 15) is 9.90 Å². The van der Waals surface area contributed by atoms with Gasteiger partial charge in [-0.2, -0.15) is 0 Å². The van der Waals surface area contributed by atoms with E-state index in [2.05, 4.69) is 12.1 Å². The van der Waals surface area contributed by atoms with Gasteiger partial charge in [-0.3, -0.25) is 4.79 Å². The molecule has 0 spiro atoms. The van der Waals surface area contributed by atoms with Crippen LogP contribution in [-0.2, 0) is 14.9 Å². The van der Waals surface area contributed by atoms with Crippen molar-refractivity contribution in [3.63, 3.8) is 0 Å². The number of hydrogen-bond acceptors (Lipinski definition) is 3. The summed E-state index contributed by atoms with van der Waals surface area (Å²) in [6, 6.07) is 7.90. The molecule has 1 aromatic rings. The van der Waals surface area contributed by atoms with Gasteiger partial charge in [-0.25, -0.2) is 0 Å². The monoisotopic (exact) mass is 320 g/mol. The fraction of sp³-hybridized carbons (Fsp3) is 0.556. The zero-order valence-electron chi connectivity index (χ0n) is 13.3. The molecule has 1 fully saturated rings. The lowest BCUT2D eigenvalue weighted by molar-refractivity contribution is -0.147. The van der Waals surface area contributed by atoms with Crippen molar-refractivity contribution in [1.82, 2.24) is 0 Å². The van der Waals surface area contributed by atoms with Gasteiger partial charge in [-0.05, 0) is 56.0 Å². The average Bonchev–Trinajstić information content (AvgIpc) is 2.55. The molecule has 0 amide bonds. The van der Waals surface area contributed by atoms with Crippen molar-refractivity contribution in [3.8, 4) is 0 Å². The summed E-state index contributed by atoms with van der Waals surface area (Å²) in [5.74, 6) is 0.102. The number of carbonyl (C=O) groups excluding carboxylic acids is 1. The molecule has 0 aromatic heterocycles. The second kappa shape index (κ2) is 7.23. The van der Waals surface area contributed by atoms with Gasteiger partial charge in [0.15, 0.2) is 10.5 Å². The highest BCUT2D eigenvalue weighted by Crippen LogP contribution is 2.34. The Hall–Kier alpha value is -1.42. The zero-order valence-corrected chi connectivity index (χ0v) is 14.1. The van der Waals surface area contributed by atoms with Crippen molar-refractivity contribution in [2.45, 2.75) is 57.3 Å². The van der Waals surface area contributed by atoms with Gasteiger partial charge in [0.1, 0.15) is 0 Å². The average molecular weight is 320 g/mol. The van der Waals surface area contributed by atoms with E-state index in [-0.39, 0.29) is 11.7 Å². The maximum Gasteiger partial charge on any atom is 0.324 e. The highest BCUT2D eigenvalue weighted by molar-refractivity contribution is 7.80. The molecule has 22 heavy (non-hydrogen) atoms. The quantitative estimate of drug-likeness (QED) is 0.643. The van der Waals surface area contributed by atoms with Crippen LogP contribution >= 0.6 is 12.2 Å². The van der Waals surface area contributed by atoms with E-state index >= 15 is 0 Å². The van der Waals surface area contributed by atoms with Gasteiger partial charge in [0.25, 0.3) is 0 Å². The Morgan fingerprint density at radius 3 is 2.36 bits per heavy atom. The molecule has 120 valence electrons. The van der Waals surface area contributed by atoms with Gasteiger partial charge in [0, 0.05) is 0 Å². The normalized spacial score (nSPS) is 18.5. The van der Waals surface area contributed by atoms with Crippen LogP contribution in [0.5, 0.6) is 0 Å². The highest BCUT2D eigenvalue weighted by atomic mass is 32.1. The van der Waals surface area contributed by atoms with Crippen LogP contribution in [0.3, 0.4) is 0 Å². The van der Waals surface area contributed by atoms with Gasteiger partial charge >= 0.3 is 5.97 Å². The molecule has 3 nitrogen and oxygen atoms in total. The lowest BCUT2D eigenvalue weighted by atomic mass is 9.80. The van der Waals surface area contributed by atoms with E-state index in [0.717, 1.165) is 0 Å². The van der Waals surface area contributed by atoms with Crippen LogP contribution < -0.4 is 0 Å². The first-order valence-electron chi connectivity index (χ1n) is 8.01. The largest absolute Gasteiger partial charge is 0.501 e. The van der Waals surface area contributed by atoms with Gasteiger partial charge in [-0.15, -0.1) is 0 Å². The Kier molecular flexibility index (Phi) is 5.57. The molecule has 1 aromatic carbocycles. The van der Waals surface area contributed by atoms with Crippen molar-refractivity contribution in [1.29, 1.82) is 0 Å². The first kappa shape index (κ1) is 16.9. The first-order chi connectivity index (χ1) is 10.5. The number of aliphatic hydroxyl groups is 1. The smallest absolute Gasteiger partial charge is 0.324 e. The van der Waals surface area contributed by atoms with Crippen molar-refractivity contribution >= 4 is 23.2 Å². The van der Waals surface area contributed by atoms with Crippen LogP contribution in [0.15, 0.2) is 24.3 Å². The van der Waals surface area contributed by atoms with Gasteiger partial charge < -0.3 is 9.84 Å². The number of benzene rings is 1. The molecule has 0 radical (unpaired) electrons. The molecule has 1 unspecified atom stereocenters. The number of ether oxygens (including phenoxy) is 1. The van der Waals surface area contributed by atoms with Gasteiger partial charge in [0.05, 0.1) is 6.61 Å². The molecule has 0 heterocycles. The SMILES string of the molecule is CCOC(=O)C(C)(C(O)=S)c1ccc(C2CCCCC2)cc1. The van der Waals surface area contributed by atoms with E-state index in [4.69, 9.17) is 17.0 Å². The van der Waals surface area contributed by atoms with E-state index in [1.165, 1.54) is 37.7 Å². The van der Waals surface area contributed by atoms with E-state index in [1.807, 2.05) is 12.1 Å². The maximum absolute atomic E-state index is 12.2. The summed E-state index contributed by atoms with van der Waals surface area (Å²) in [4.78, 5) is 12.2. The lowest BCUT2D eigenvalue weighted by Gasteiger charge is -2.27. The van der Waals surface area contributed by atoms with E-state index in [1.54, 1.807) is 13.8 Å². The molecule has 0 aliphatic heterocycles. The van der Waals surface area contributed by atoms with Crippen LogP contribution in [0.1, 0.15) is 63.0 Å². The van der Waals surface area contributed by atoms with E-state index in [0.29, 0.717) is 11.5 Å². The minimum Gasteiger partial charge on any atom is -0.501 e. The number of rotatable bonds is 5. The molecular formula is C18H24O3S. The summed E-state index contributed by atoms with van der Waals surface area (Å²) in [6.45, 7) is 3.62. The fourth-order valence-electron chi connectivity index (χ4n) is 3.13. The zero-order chi connectivity index (χ0) is 16.2. The number of hydrogen-bond donors (Lipinski definition) is 1. The molecule has 1 aliphatic carbocycles. The fourth-order valence-corrected chi connectivity index (χ4v) is 3.33. The van der Waals surface area contributed by atoms with Gasteiger partial charge in [0.2, 0.25) is 0 Å². The summed E-state index contributed by atoms with van der Waals surface area (Å²) in [6.07, 6.45) is 6.36. The topological polar surface area (TPSA) is 46.5 Å². The summed E-state index contributed by atoms with van der Waals surface area (Å²) < 4.78 is 5.08. The minimum atomic E-state index is -1.28. The van der Waals surface area contributed by atoms with Crippen LogP contribution in [0, 0.1) is 0 Å². The third kappa shape index (κ3) is 3.32. The first-order valence-corrected chi connectivity index (χ1v) is 8.42. The molecule has 4 heteroatoms. The maximum atomic E-state index is 12.2. The van der Waals surface area contributed by atoms with Crippen LogP contribution in [0.4, 0.5) is 0 Å². The predicted molar refractivity (Wildman–Crippen MR) is 91.5 cm³/mol. The van der Waals surface area contributed by atoms with Gasteiger partial charge in [-0.1, -0.05) is 43.5 Å². The Morgan fingerprint density at radius 2 is 1.86 bits per heavy atom.